The molecule has 0 bridgehead atoms. The van der Waals surface area contributed by atoms with Crippen molar-refractivity contribution in [1.29, 1.82) is 0 Å². The molecule has 2 N–H and O–H groups in total. The molecule has 88 valence electrons. The maximum atomic E-state index is 11.5. The molecule has 0 unspecified atom stereocenters. The molecule has 15 heavy (non-hydrogen) atoms. The van der Waals surface area contributed by atoms with Gasteiger partial charge in [0.2, 0.25) is 5.54 Å². The molecule has 0 aromatic carbocycles. The van der Waals surface area contributed by atoms with E-state index in [1.807, 2.05) is 6.92 Å². The van der Waals surface area contributed by atoms with E-state index >= 15 is 0 Å². The summed E-state index contributed by atoms with van der Waals surface area (Å²) >= 11 is 3.85. The van der Waals surface area contributed by atoms with Crippen LogP contribution in [0.3, 0.4) is 0 Å². The summed E-state index contributed by atoms with van der Waals surface area (Å²) in [6.45, 7) is 2.21. The molecule has 1 atom stereocenters. The topological polar surface area (TPSA) is 78.6 Å². The molecule has 0 radical (unpaired) electrons. The lowest BCUT2D eigenvalue weighted by Gasteiger charge is -2.22. The first-order valence-electron chi connectivity index (χ1n) is 4.68. The van der Waals surface area contributed by atoms with Crippen LogP contribution in [0.1, 0.15) is 19.8 Å². The van der Waals surface area contributed by atoms with Crippen LogP contribution >= 0.6 is 12.6 Å². The Labute approximate surface area is 94.7 Å². The smallest absolute Gasteiger partial charge is 0.338 e. The Bertz CT molecular complexity index is 234. The van der Waals surface area contributed by atoms with Crippen LogP contribution in [0.15, 0.2) is 0 Å². The zero-order valence-corrected chi connectivity index (χ0v) is 9.88. The summed E-state index contributed by atoms with van der Waals surface area (Å²) in [5.74, 6) is -1.78. The molecule has 0 fully saturated rings. The summed E-state index contributed by atoms with van der Waals surface area (Å²) in [4.78, 5) is 22.7. The first kappa shape index (κ1) is 14.2. The highest BCUT2D eigenvalue weighted by Crippen LogP contribution is 2.09. The molecule has 5 nitrogen and oxygen atoms in total. The lowest BCUT2D eigenvalue weighted by Crippen LogP contribution is -2.58. The summed E-state index contributed by atoms with van der Waals surface area (Å²) in [6.07, 6.45) is 1.62. The molecule has 0 aromatic rings. The van der Waals surface area contributed by atoms with Crippen molar-refractivity contribution in [2.75, 3.05) is 19.5 Å². The van der Waals surface area contributed by atoms with E-state index in [4.69, 9.17) is 10.5 Å². The third kappa shape index (κ3) is 3.71. The highest BCUT2D eigenvalue weighted by Gasteiger charge is 2.43. The second kappa shape index (κ2) is 6.68. The average molecular weight is 235 g/mol. The quantitative estimate of drug-likeness (QED) is 0.296. The lowest BCUT2D eigenvalue weighted by molar-refractivity contribution is -0.161. The van der Waals surface area contributed by atoms with Crippen LogP contribution in [0.5, 0.6) is 0 Å². The Kier molecular flexibility index (Phi) is 6.35. The van der Waals surface area contributed by atoms with E-state index in [1.165, 1.54) is 0 Å². The normalized spacial score (nSPS) is 14.1. The monoisotopic (exact) mass is 235 g/mol. The molecular formula is C9H17NO4S. The minimum Gasteiger partial charge on any atom is -0.467 e. The molecule has 0 saturated heterocycles. The number of nitrogens with two attached hydrogens (primary N) is 1. The maximum Gasteiger partial charge on any atom is 0.338 e. The van der Waals surface area contributed by atoms with Crippen molar-refractivity contribution >= 4 is 24.6 Å². The van der Waals surface area contributed by atoms with Crippen LogP contribution in [0.4, 0.5) is 0 Å². The zero-order chi connectivity index (χ0) is 11.9. The Hall–Kier alpha value is -0.750. The Morgan fingerprint density at radius 2 is 2.00 bits per heavy atom. The van der Waals surface area contributed by atoms with Crippen molar-refractivity contribution in [1.82, 2.24) is 0 Å². The molecule has 0 saturated carbocycles. The van der Waals surface area contributed by atoms with Gasteiger partial charge in [-0.15, -0.1) is 0 Å². The van der Waals surface area contributed by atoms with E-state index < -0.39 is 17.5 Å². The fraction of sp³-hybridized carbons (Fsp3) is 0.778. The number of rotatable bonds is 6. The summed E-state index contributed by atoms with van der Waals surface area (Å²) in [5.41, 5.74) is 3.75. The molecular weight excluding hydrogens is 218 g/mol. The minimum absolute atomic E-state index is 0.148. The molecule has 6 heteroatoms. The molecule has 0 rings (SSSR count). The number of unbranched alkanes of at least 4 members (excludes halogenated alkanes) is 1. The van der Waals surface area contributed by atoms with E-state index in [1.54, 1.807) is 0 Å². The minimum atomic E-state index is -1.80. The van der Waals surface area contributed by atoms with Gasteiger partial charge in [-0.3, -0.25) is 0 Å². The summed E-state index contributed by atoms with van der Waals surface area (Å²) < 4.78 is 9.27. The Morgan fingerprint density at radius 1 is 1.40 bits per heavy atom. The highest BCUT2D eigenvalue weighted by atomic mass is 32.1. The first-order valence-corrected chi connectivity index (χ1v) is 5.31. The van der Waals surface area contributed by atoms with E-state index in [9.17, 15) is 9.59 Å². The van der Waals surface area contributed by atoms with Crippen molar-refractivity contribution in [3.8, 4) is 0 Å². The molecule has 0 spiro atoms. The van der Waals surface area contributed by atoms with Crippen molar-refractivity contribution in [2.45, 2.75) is 25.3 Å². The fourth-order valence-corrected chi connectivity index (χ4v) is 1.09. The van der Waals surface area contributed by atoms with Crippen LogP contribution in [-0.4, -0.2) is 36.9 Å². The van der Waals surface area contributed by atoms with Crippen LogP contribution in [0.25, 0.3) is 0 Å². The standard InChI is InChI=1S/C9H17NO4S/c1-3-4-5-14-8(12)9(10,6-15)7(11)13-2/h15H,3-6,10H2,1-2H3/t9-/m0/s1. The van der Waals surface area contributed by atoms with Crippen molar-refractivity contribution in [2.24, 2.45) is 5.73 Å². The van der Waals surface area contributed by atoms with Crippen LogP contribution in [-0.2, 0) is 19.1 Å². The van der Waals surface area contributed by atoms with Gasteiger partial charge in [-0.1, -0.05) is 13.3 Å². The van der Waals surface area contributed by atoms with Crippen molar-refractivity contribution in [3.63, 3.8) is 0 Å². The number of hydrogen-bond donors (Lipinski definition) is 2. The number of esters is 2. The number of carbonyl (C=O) groups excluding carboxylic acids is 2. The van der Waals surface area contributed by atoms with Crippen LogP contribution in [0, 0.1) is 0 Å². The molecule has 0 aromatic heterocycles. The Morgan fingerprint density at radius 3 is 2.40 bits per heavy atom. The predicted molar refractivity (Wildman–Crippen MR) is 58.7 cm³/mol. The van der Waals surface area contributed by atoms with Gasteiger partial charge < -0.3 is 15.2 Å². The number of ether oxygens (including phenoxy) is 2. The first-order chi connectivity index (χ1) is 7.02. The summed E-state index contributed by atoms with van der Waals surface area (Å²) in [5, 5.41) is 0. The van der Waals surface area contributed by atoms with Gasteiger partial charge in [-0.05, 0) is 6.42 Å². The number of methoxy groups -OCH3 is 1. The van der Waals surface area contributed by atoms with Gasteiger partial charge in [0.05, 0.1) is 13.7 Å². The summed E-state index contributed by atoms with van der Waals surface area (Å²) in [7, 11) is 1.16. The third-order valence-corrected chi connectivity index (χ3v) is 2.39. The van der Waals surface area contributed by atoms with E-state index in [0.29, 0.717) is 0 Å². The molecule has 0 aliphatic heterocycles. The van der Waals surface area contributed by atoms with Gasteiger partial charge in [0.15, 0.2) is 0 Å². The van der Waals surface area contributed by atoms with Gasteiger partial charge in [-0.25, -0.2) is 9.59 Å². The lowest BCUT2D eigenvalue weighted by atomic mass is 10.1. The van der Waals surface area contributed by atoms with E-state index in [2.05, 4.69) is 17.4 Å². The number of hydrogen-bond acceptors (Lipinski definition) is 6. The second-order valence-electron chi connectivity index (χ2n) is 3.11. The zero-order valence-electron chi connectivity index (χ0n) is 8.99. The fourth-order valence-electron chi connectivity index (χ4n) is 0.833. The molecule has 0 aliphatic rings. The van der Waals surface area contributed by atoms with Crippen molar-refractivity contribution < 1.29 is 19.1 Å². The summed E-state index contributed by atoms with van der Waals surface area (Å²) in [6, 6.07) is 0. The maximum absolute atomic E-state index is 11.5. The van der Waals surface area contributed by atoms with Gasteiger partial charge >= 0.3 is 11.9 Å². The second-order valence-corrected chi connectivity index (χ2v) is 3.43. The molecule has 0 amide bonds. The number of thiol groups is 1. The molecule has 0 aliphatic carbocycles. The SMILES string of the molecule is CCCCOC(=O)[C@](N)(CS)C(=O)OC. The van der Waals surface area contributed by atoms with Gasteiger partial charge in [0.25, 0.3) is 0 Å². The van der Waals surface area contributed by atoms with Crippen LogP contribution < -0.4 is 5.73 Å². The largest absolute Gasteiger partial charge is 0.467 e. The van der Waals surface area contributed by atoms with E-state index in [0.717, 1.165) is 20.0 Å². The Balaban J connectivity index is 4.38. The van der Waals surface area contributed by atoms with Gasteiger partial charge in [-0.2, -0.15) is 12.6 Å². The average Bonchev–Trinajstić information content (AvgIpc) is 2.26. The highest BCUT2D eigenvalue weighted by molar-refractivity contribution is 7.80. The van der Waals surface area contributed by atoms with Gasteiger partial charge in [0, 0.05) is 5.75 Å². The van der Waals surface area contributed by atoms with E-state index in [-0.39, 0.29) is 12.4 Å². The van der Waals surface area contributed by atoms with Gasteiger partial charge in [0.1, 0.15) is 0 Å². The molecule has 0 heterocycles. The van der Waals surface area contributed by atoms with Crippen LogP contribution in [0.2, 0.25) is 0 Å². The third-order valence-electron chi connectivity index (χ3n) is 1.89. The predicted octanol–water partition coefficient (Wildman–Crippen LogP) is 0.130. The van der Waals surface area contributed by atoms with Crippen molar-refractivity contribution in [3.05, 3.63) is 0 Å². The number of carbonyl (C=O) groups is 2.